The molecule has 0 spiro atoms. The molecule has 2 rings (SSSR count). The maximum Gasteiger partial charge on any atom is 0.191 e. The summed E-state index contributed by atoms with van der Waals surface area (Å²) in [6, 6.07) is 12.3. The minimum atomic E-state index is 0.646. The first-order valence-corrected chi connectivity index (χ1v) is 8.29. The number of aryl methyl sites for hydroxylation is 2. The molecule has 0 saturated heterocycles. The summed E-state index contributed by atoms with van der Waals surface area (Å²) in [4.78, 5) is 4.28. The van der Waals surface area contributed by atoms with Gasteiger partial charge in [0.15, 0.2) is 17.5 Å². The molecular weight excluding hydrogens is 314 g/mol. The summed E-state index contributed by atoms with van der Waals surface area (Å²) in [5, 5.41) is 6.67. The van der Waals surface area contributed by atoms with Crippen LogP contribution in [0.2, 0.25) is 0 Å². The lowest BCUT2D eigenvalue weighted by Gasteiger charge is -2.14. The van der Waals surface area contributed by atoms with E-state index in [1.807, 2.05) is 18.2 Å². The van der Waals surface area contributed by atoms with E-state index in [1.54, 1.807) is 21.3 Å². The van der Waals surface area contributed by atoms with Gasteiger partial charge in [-0.25, -0.2) is 0 Å². The molecule has 0 aliphatic heterocycles. The highest BCUT2D eigenvalue weighted by atomic mass is 16.5. The Labute approximate surface area is 150 Å². The second-order valence-electron chi connectivity index (χ2n) is 5.90. The van der Waals surface area contributed by atoms with Gasteiger partial charge in [0.1, 0.15) is 0 Å². The third kappa shape index (κ3) is 5.14. The van der Waals surface area contributed by atoms with Crippen LogP contribution in [0.1, 0.15) is 22.3 Å². The molecule has 0 aromatic heterocycles. The highest BCUT2D eigenvalue weighted by Gasteiger charge is 2.06. The van der Waals surface area contributed by atoms with E-state index in [-0.39, 0.29) is 0 Å². The molecule has 0 aliphatic rings. The molecule has 2 aromatic rings. The second kappa shape index (κ2) is 8.97. The lowest BCUT2D eigenvalue weighted by Crippen LogP contribution is -2.36. The first-order chi connectivity index (χ1) is 12.1. The summed E-state index contributed by atoms with van der Waals surface area (Å²) in [6.07, 6.45) is 0. The van der Waals surface area contributed by atoms with Gasteiger partial charge in [0.05, 0.1) is 14.2 Å². The smallest absolute Gasteiger partial charge is 0.191 e. The standard InChI is InChI=1S/C20H27N3O2/c1-14-6-8-17(15(2)10-14)13-23-20(21-3)22-12-16-7-9-18(24-4)19(11-16)25-5/h6-11H,12-13H2,1-5H3,(H2,21,22,23). The van der Waals surface area contributed by atoms with Crippen LogP contribution in [0.4, 0.5) is 0 Å². The zero-order valence-electron chi connectivity index (χ0n) is 15.6. The van der Waals surface area contributed by atoms with Crippen LogP contribution in [-0.4, -0.2) is 27.2 Å². The topological polar surface area (TPSA) is 54.9 Å². The average molecular weight is 341 g/mol. The van der Waals surface area contributed by atoms with E-state index in [1.165, 1.54) is 16.7 Å². The summed E-state index contributed by atoms with van der Waals surface area (Å²) in [7, 11) is 5.04. The molecular formula is C20H27N3O2. The summed E-state index contributed by atoms with van der Waals surface area (Å²) in [6.45, 7) is 5.61. The van der Waals surface area contributed by atoms with Gasteiger partial charge in [-0.2, -0.15) is 0 Å². The van der Waals surface area contributed by atoms with Crippen LogP contribution in [-0.2, 0) is 13.1 Å². The highest BCUT2D eigenvalue weighted by molar-refractivity contribution is 5.79. The van der Waals surface area contributed by atoms with Crippen molar-refractivity contribution >= 4 is 5.96 Å². The molecule has 0 bridgehead atoms. The molecule has 2 aromatic carbocycles. The molecule has 0 heterocycles. The minimum absolute atomic E-state index is 0.646. The van der Waals surface area contributed by atoms with Gasteiger partial charge in [0, 0.05) is 20.1 Å². The monoisotopic (exact) mass is 341 g/mol. The molecule has 2 N–H and O–H groups in total. The van der Waals surface area contributed by atoms with E-state index in [9.17, 15) is 0 Å². The summed E-state index contributed by atoms with van der Waals surface area (Å²) < 4.78 is 10.6. The van der Waals surface area contributed by atoms with E-state index in [2.05, 4.69) is 47.7 Å². The van der Waals surface area contributed by atoms with Gasteiger partial charge in [-0.15, -0.1) is 0 Å². The Morgan fingerprint density at radius 1 is 0.920 bits per heavy atom. The van der Waals surface area contributed by atoms with Crippen molar-refractivity contribution in [3.63, 3.8) is 0 Å². The number of ether oxygens (including phenoxy) is 2. The summed E-state index contributed by atoms with van der Waals surface area (Å²) in [5.41, 5.74) is 4.91. The average Bonchev–Trinajstić information content (AvgIpc) is 2.62. The second-order valence-corrected chi connectivity index (χ2v) is 5.90. The van der Waals surface area contributed by atoms with Crippen molar-refractivity contribution in [2.75, 3.05) is 21.3 Å². The van der Waals surface area contributed by atoms with E-state index < -0.39 is 0 Å². The number of rotatable bonds is 6. The van der Waals surface area contributed by atoms with Crippen LogP contribution in [0.5, 0.6) is 11.5 Å². The molecule has 0 fully saturated rings. The van der Waals surface area contributed by atoms with Gasteiger partial charge < -0.3 is 20.1 Å². The number of guanidine groups is 1. The van der Waals surface area contributed by atoms with Gasteiger partial charge in [-0.1, -0.05) is 29.8 Å². The van der Waals surface area contributed by atoms with Gasteiger partial charge in [0.25, 0.3) is 0 Å². The van der Waals surface area contributed by atoms with Gasteiger partial charge in [-0.05, 0) is 42.7 Å². The fraction of sp³-hybridized carbons (Fsp3) is 0.350. The van der Waals surface area contributed by atoms with Crippen LogP contribution in [0.15, 0.2) is 41.4 Å². The lowest BCUT2D eigenvalue weighted by molar-refractivity contribution is 0.354. The molecule has 0 amide bonds. The molecule has 25 heavy (non-hydrogen) atoms. The quantitative estimate of drug-likeness (QED) is 0.626. The Morgan fingerprint density at radius 2 is 1.64 bits per heavy atom. The number of nitrogens with zero attached hydrogens (tertiary/aromatic N) is 1. The molecule has 0 atom stereocenters. The highest BCUT2D eigenvalue weighted by Crippen LogP contribution is 2.27. The Balaban J connectivity index is 1.94. The van der Waals surface area contributed by atoms with Crippen molar-refractivity contribution in [3.8, 4) is 11.5 Å². The first-order valence-electron chi connectivity index (χ1n) is 8.29. The van der Waals surface area contributed by atoms with Crippen molar-refractivity contribution in [3.05, 3.63) is 58.7 Å². The Hall–Kier alpha value is -2.69. The van der Waals surface area contributed by atoms with E-state index in [0.29, 0.717) is 6.54 Å². The number of methoxy groups -OCH3 is 2. The Bertz CT molecular complexity index is 742. The van der Waals surface area contributed by atoms with E-state index in [0.717, 1.165) is 29.6 Å². The van der Waals surface area contributed by atoms with Crippen molar-refractivity contribution in [2.45, 2.75) is 26.9 Å². The predicted octanol–water partition coefficient (Wildman–Crippen LogP) is 3.19. The largest absolute Gasteiger partial charge is 0.493 e. The lowest BCUT2D eigenvalue weighted by atomic mass is 10.1. The molecule has 0 radical (unpaired) electrons. The van der Waals surface area contributed by atoms with Crippen LogP contribution in [0, 0.1) is 13.8 Å². The minimum Gasteiger partial charge on any atom is -0.493 e. The normalized spacial score (nSPS) is 11.2. The van der Waals surface area contributed by atoms with Crippen molar-refractivity contribution in [1.82, 2.24) is 10.6 Å². The first kappa shape index (κ1) is 18.6. The zero-order valence-corrected chi connectivity index (χ0v) is 15.6. The van der Waals surface area contributed by atoms with Gasteiger partial charge >= 0.3 is 0 Å². The van der Waals surface area contributed by atoms with Crippen LogP contribution < -0.4 is 20.1 Å². The molecule has 0 aliphatic carbocycles. The van der Waals surface area contributed by atoms with Gasteiger partial charge in [0.2, 0.25) is 0 Å². The maximum atomic E-state index is 5.34. The molecule has 0 unspecified atom stereocenters. The molecule has 5 heteroatoms. The summed E-state index contributed by atoms with van der Waals surface area (Å²) in [5.74, 6) is 2.21. The third-order valence-corrected chi connectivity index (χ3v) is 4.08. The molecule has 5 nitrogen and oxygen atoms in total. The van der Waals surface area contributed by atoms with E-state index in [4.69, 9.17) is 9.47 Å². The Morgan fingerprint density at radius 3 is 2.28 bits per heavy atom. The van der Waals surface area contributed by atoms with Crippen molar-refractivity contribution in [1.29, 1.82) is 0 Å². The summed E-state index contributed by atoms with van der Waals surface area (Å²) >= 11 is 0. The van der Waals surface area contributed by atoms with Gasteiger partial charge in [-0.3, -0.25) is 4.99 Å². The molecule has 134 valence electrons. The van der Waals surface area contributed by atoms with E-state index >= 15 is 0 Å². The number of hydrogen-bond acceptors (Lipinski definition) is 3. The van der Waals surface area contributed by atoms with Crippen LogP contribution >= 0.6 is 0 Å². The van der Waals surface area contributed by atoms with Crippen molar-refractivity contribution < 1.29 is 9.47 Å². The number of benzene rings is 2. The number of aliphatic imine (C=N–C) groups is 1. The number of hydrogen-bond donors (Lipinski definition) is 2. The fourth-order valence-corrected chi connectivity index (χ4v) is 2.62. The van der Waals surface area contributed by atoms with Crippen molar-refractivity contribution in [2.24, 2.45) is 4.99 Å². The zero-order chi connectivity index (χ0) is 18.2. The fourth-order valence-electron chi connectivity index (χ4n) is 2.62. The predicted molar refractivity (Wildman–Crippen MR) is 103 cm³/mol. The van der Waals surface area contributed by atoms with Crippen LogP contribution in [0.25, 0.3) is 0 Å². The number of nitrogens with one attached hydrogen (secondary N) is 2. The van der Waals surface area contributed by atoms with Crippen LogP contribution in [0.3, 0.4) is 0 Å². The third-order valence-electron chi connectivity index (χ3n) is 4.08. The Kier molecular flexibility index (Phi) is 6.69. The maximum absolute atomic E-state index is 5.34. The molecule has 0 saturated carbocycles. The SMILES string of the molecule is CN=C(NCc1ccc(OC)c(OC)c1)NCc1ccc(C)cc1C.